The lowest BCUT2D eigenvalue weighted by atomic mass is 10.2. The predicted octanol–water partition coefficient (Wildman–Crippen LogP) is 3.73. The predicted molar refractivity (Wildman–Crippen MR) is 90.8 cm³/mol. The molecule has 2 amide bonds. The molecular formula is C18H18N4O2. The van der Waals surface area contributed by atoms with Crippen LogP contribution in [-0.2, 0) is 6.54 Å². The number of carbonyl (C=O) groups is 1. The molecule has 6 nitrogen and oxygen atoms in total. The highest BCUT2D eigenvalue weighted by Gasteiger charge is 2.28. The molecule has 0 atom stereocenters. The third kappa shape index (κ3) is 3.08. The molecule has 0 radical (unpaired) electrons. The maximum Gasteiger partial charge on any atom is 0.319 e. The van der Waals surface area contributed by atoms with E-state index in [1.807, 2.05) is 31.2 Å². The van der Waals surface area contributed by atoms with Gasteiger partial charge in [0.1, 0.15) is 5.52 Å². The summed E-state index contributed by atoms with van der Waals surface area (Å²) in [6.45, 7) is 2.35. The molecule has 122 valence electrons. The molecule has 6 heteroatoms. The van der Waals surface area contributed by atoms with Crippen molar-refractivity contribution in [3.05, 3.63) is 53.7 Å². The minimum absolute atomic E-state index is 0.277. The Bertz CT molecular complexity index is 899. The van der Waals surface area contributed by atoms with Gasteiger partial charge in [-0.15, -0.1) is 0 Å². The number of nitrogens with one attached hydrogen (secondary N) is 2. The Morgan fingerprint density at radius 2 is 2.21 bits per heavy atom. The first-order valence-corrected chi connectivity index (χ1v) is 8.05. The standard InChI is InChI=1S/C18H18N4O2/c1-11-3-2-8-19-15(11)10-20-18(23)21-13-6-7-14-16(9-13)24-17(22-14)12-4-5-12/h2-3,6-9,12H,4-5,10H2,1H3,(H2,20,21,23). The summed E-state index contributed by atoms with van der Waals surface area (Å²) >= 11 is 0. The number of rotatable bonds is 4. The zero-order valence-electron chi connectivity index (χ0n) is 13.4. The lowest BCUT2D eigenvalue weighted by Gasteiger charge is -2.08. The Morgan fingerprint density at radius 1 is 1.33 bits per heavy atom. The highest BCUT2D eigenvalue weighted by atomic mass is 16.3. The van der Waals surface area contributed by atoms with Crippen LogP contribution in [0, 0.1) is 6.92 Å². The Balaban J connectivity index is 1.41. The highest BCUT2D eigenvalue weighted by Crippen LogP contribution is 2.40. The molecule has 1 saturated carbocycles. The van der Waals surface area contributed by atoms with Gasteiger partial charge in [0.05, 0.1) is 12.2 Å². The van der Waals surface area contributed by atoms with Gasteiger partial charge in [-0.2, -0.15) is 0 Å². The van der Waals surface area contributed by atoms with Crippen molar-refractivity contribution in [3.8, 4) is 0 Å². The average Bonchev–Trinajstić information content (AvgIpc) is 3.34. The minimum atomic E-state index is -0.277. The molecule has 1 aromatic carbocycles. The fraction of sp³-hybridized carbons (Fsp3) is 0.278. The molecule has 2 N–H and O–H groups in total. The minimum Gasteiger partial charge on any atom is -0.440 e. The number of pyridine rings is 1. The number of fused-ring (bicyclic) bond motifs is 1. The molecule has 2 heterocycles. The zero-order chi connectivity index (χ0) is 16.5. The van der Waals surface area contributed by atoms with E-state index in [4.69, 9.17) is 4.42 Å². The first-order valence-electron chi connectivity index (χ1n) is 8.05. The number of anilines is 1. The second kappa shape index (κ2) is 5.96. The van der Waals surface area contributed by atoms with Gasteiger partial charge in [-0.25, -0.2) is 9.78 Å². The van der Waals surface area contributed by atoms with E-state index >= 15 is 0 Å². The van der Waals surface area contributed by atoms with Crippen molar-refractivity contribution in [1.29, 1.82) is 0 Å². The largest absolute Gasteiger partial charge is 0.440 e. The molecule has 1 fully saturated rings. The van der Waals surface area contributed by atoms with Gasteiger partial charge in [0, 0.05) is 23.9 Å². The number of carbonyl (C=O) groups excluding carboxylic acids is 1. The highest BCUT2D eigenvalue weighted by molar-refractivity contribution is 5.91. The Labute approximate surface area is 139 Å². The van der Waals surface area contributed by atoms with Gasteiger partial charge in [-0.1, -0.05) is 6.07 Å². The van der Waals surface area contributed by atoms with Crippen LogP contribution in [-0.4, -0.2) is 16.0 Å². The van der Waals surface area contributed by atoms with Gasteiger partial charge in [-0.05, 0) is 43.5 Å². The van der Waals surface area contributed by atoms with Gasteiger partial charge in [0.15, 0.2) is 11.5 Å². The molecule has 1 aliphatic rings. The van der Waals surface area contributed by atoms with E-state index in [1.165, 1.54) is 0 Å². The monoisotopic (exact) mass is 322 g/mol. The van der Waals surface area contributed by atoms with Crippen LogP contribution in [0.5, 0.6) is 0 Å². The maximum absolute atomic E-state index is 12.1. The van der Waals surface area contributed by atoms with Crippen molar-refractivity contribution in [2.45, 2.75) is 32.2 Å². The van der Waals surface area contributed by atoms with Gasteiger partial charge >= 0.3 is 6.03 Å². The molecule has 2 aromatic heterocycles. The van der Waals surface area contributed by atoms with Crippen molar-refractivity contribution in [2.24, 2.45) is 0 Å². The Hall–Kier alpha value is -2.89. The molecule has 0 saturated heterocycles. The summed E-state index contributed by atoms with van der Waals surface area (Å²) < 4.78 is 5.77. The van der Waals surface area contributed by atoms with Crippen LogP contribution >= 0.6 is 0 Å². The number of nitrogens with zero attached hydrogens (tertiary/aromatic N) is 2. The number of hydrogen-bond donors (Lipinski definition) is 2. The van der Waals surface area contributed by atoms with E-state index in [2.05, 4.69) is 20.6 Å². The van der Waals surface area contributed by atoms with Crippen LogP contribution in [0.1, 0.15) is 35.9 Å². The summed E-state index contributed by atoms with van der Waals surface area (Å²) in [6.07, 6.45) is 4.01. The van der Waals surface area contributed by atoms with Gasteiger partial charge in [-0.3, -0.25) is 4.98 Å². The number of oxazole rings is 1. The normalized spacial score (nSPS) is 13.9. The number of aryl methyl sites for hydroxylation is 1. The van der Waals surface area contributed by atoms with E-state index in [1.54, 1.807) is 12.3 Å². The fourth-order valence-electron chi connectivity index (χ4n) is 2.57. The topological polar surface area (TPSA) is 80.0 Å². The summed E-state index contributed by atoms with van der Waals surface area (Å²) in [6, 6.07) is 9.07. The van der Waals surface area contributed by atoms with Crippen molar-refractivity contribution in [1.82, 2.24) is 15.3 Å². The first kappa shape index (κ1) is 14.7. The summed E-state index contributed by atoms with van der Waals surface area (Å²) in [5.41, 5.74) is 4.11. The van der Waals surface area contributed by atoms with Crippen molar-refractivity contribution in [2.75, 3.05) is 5.32 Å². The second-order valence-electron chi connectivity index (χ2n) is 6.08. The number of benzene rings is 1. The van der Waals surface area contributed by atoms with Crippen LogP contribution in [0.25, 0.3) is 11.1 Å². The van der Waals surface area contributed by atoms with E-state index in [-0.39, 0.29) is 6.03 Å². The quantitative estimate of drug-likeness (QED) is 0.767. The number of hydrogen-bond acceptors (Lipinski definition) is 4. The average molecular weight is 322 g/mol. The lowest BCUT2D eigenvalue weighted by molar-refractivity contribution is 0.251. The molecule has 0 spiro atoms. The first-order chi connectivity index (χ1) is 11.7. The molecule has 0 bridgehead atoms. The summed E-state index contributed by atoms with van der Waals surface area (Å²) in [7, 11) is 0. The van der Waals surface area contributed by atoms with Crippen LogP contribution in [0.2, 0.25) is 0 Å². The van der Waals surface area contributed by atoms with E-state index in [9.17, 15) is 4.79 Å². The number of urea groups is 1. The summed E-state index contributed by atoms with van der Waals surface area (Å²) in [5, 5.41) is 5.62. The third-order valence-corrected chi connectivity index (χ3v) is 4.12. The molecule has 4 rings (SSSR count). The van der Waals surface area contributed by atoms with Crippen molar-refractivity contribution in [3.63, 3.8) is 0 Å². The Kier molecular flexibility index (Phi) is 3.65. The van der Waals surface area contributed by atoms with E-state index in [0.29, 0.717) is 23.7 Å². The number of amides is 2. The summed E-state index contributed by atoms with van der Waals surface area (Å²) in [4.78, 5) is 20.8. The molecular weight excluding hydrogens is 304 g/mol. The molecule has 0 unspecified atom stereocenters. The number of aromatic nitrogens is 2. The zero-order valence-corrected chi connectivity index (χ0v) is 13.4. The van der Waals surface area contributed by atoms with Crippen LogP contribution < -0.4 is 10.6 Å². The van der Waals surface area contributed by atoms with Crippen molar-refractivity contribution < 1.29 is 9.21 Å². The maximum atomic E-state index is 12.1. The third-order valence-electron chi connectivity index (χ3n) is 4.12. The molecule has 0 aliphatic heterocycles. The van der Waals surface area contributed by atoms with E-state index in [0.717, 1.165) is 35.5 Å². The second-order valence-corrected chi connectivity index (χ2v) is 6.08. The molecule has 1 aliphatic carbocycles. The molecule has 24 heavy (non-hydrogen) atoms. The Morgan fingerprint density at radius 3 is 3.00 bits per heavy atom. The van der Waals surface area contributed by atoms with E-state index < -0.39 is 0 Å². The van der Waals surface area contributed by atoms with Crippen LogP contribution in [0.3, 0.4) is 0 Å². The van der Waals surface area contributed by atoms with Crippen LogP contribution in [0.4, 0.5) is 10.5 Å². The molecule has 3 aromatic rings. The van der Waals surface area contributed by atoms with Crippen LogP contribution in [0.15, 0.2) is 40.9 Å². The van der Waals surface area contributed by atoms with Gasteiger partial charge < -0.3 is 15.1 Å². The SMILES string of the molecule is Cc1cccnc1CNC(=O)Nc1ccc2nc(C3CC3)oc2c1. The fourth-order valence-corrected chi connectivity index (χ4v) is 2.57. The van der Waals surface area contributed by atoms with Gasteiger partial charge in [0.2, 0.25) is 0 Å². The van der Waals surface area contributed by atoms with Gasteiger partial charge in [0.25, 0.3) is 0 Å². The smallest absolute Gasteiger partial charge is 0.319 e. The lowest BCUT2D eigenvalue weighted by Crippen LogP contribution is -2.28. The van der Waals surface area contributed by atoms with Crippen molar-refractivity contribution >= 4 is 22.8 Å². The summed E-state index contributed by atoms with van der Waals surface area (Å²) in [5.74, 6) is 1.27.